The zero-order valence-electron chi connectivity index (χ0n) is 11.4. The van der Waals surface area contributed by atoms with Crippen LogP contribution in [0.15, 0.2) is 18.2 Å². The van der Waals surface area contributed by atoms with Crippen LogP contribution < -0.4 is 5.32 Å². The zero-order valence-corrected chi connectivity index (χ0v) is 11.4. The van der Waals surface area contributed by atoms with E-state index in [1.165, 1.54) is 23.1 Å². The van der Waals surface area contributed by atoms with Gasteiger partial charge in [0.25, 0.3) is 0 Å². The molecule has 0 fully saturated rings. The maximum absolute atomic E-state index is 3.40. The third-order valence-electron chi connectivity index (χ3n) is 3.29. The minimum absolute atomic E-state index is 0.264. The summed E-state index contributed by atoms with van der Waals surface area (Å²) < 4.78 is 0. The first kappa shape index (κ1) is 13.2. The Balaban J connectivity index is 2.80. The van der Waals surface area contributed by atoms with Gasteiger partial charge >= 0.3 is 0 Å². The van der Waals surface area contributed by atoms with Crippen LogP contribution in [0.3, 0.4) is 0 Å². The van der Waals surface area contributed by atoms with Crippen molar-refractivity contribution in [3.63, 3.8) is 0 Å². The molecule has 0 heterocycles. The predicted molar refractivity (Wildman–Crippen MR) is 72.1 cm³/mol. The highest BCUT2D eigenvalue weighted by molar-refractivity contribution is 5.35. The van der Waals surface area contributed by atoms with Gasteiger partial charge in [0, 0.05) is 0 Å². The smallest absolute Gasteiger partial charge is 0.00407 e. The highest BCUT2D eigenvalue weighted by Crippen LogP contribution is 2.29. The Morgan fingerprint density at radius 1 is 1.19 bits per heavy atom. The SMILES string of the molecule is CCNCCC(C)(C)c1ccc(C)cc1C. The van der Waals surface area contributed by atoms with Crippen molar-refractivity contribution in [3.8, 4) is 0 Å². The van der Waals surface area contributed by atoms with E-state index in [0.29, 0.717) is 0 Å². The van der Waals surface area contributed by atoms with Crippen LogP contribution >= 0.6 is 0 Å². The van der Waals surface area contributed by atoms with E-state index in [1.54, 1.807) is 0 Å². The average Bonchev–Trinajstić information content (AvgIpc) is 2.17. The molecule has 0 aliphatic rings. The van der Waals surface area contributed by atoms with Gasteiger partial charge < -0.3 is 5.32 Å². The van der Waals surface area contributed by atoms with E-state index in [1.807, 2.05) is 0 Å². The van der Waals surface area contributed by atoms with Crippen LogP contribution in [-0.4, -0.2) is 13.1 Å². The van der Waals surface area contributed by atoms with Gasteiger partial charge in [0.15, 0.2) is 0 Å². The lowest BCUT2D eigenvalue weighted by Crippen LogP contribution is -2.26. The van der Waals surface area contributed by atoms with E-state index in [4.69, 9.17) is 0 Å². The molecule has 1 nitrogen and oxygen atoms in total. The second kappa shape index (κ2) is 5.49. The van der Waals surface area contributed by atoms with Crippen molar-refractivity contribution in [2.45, 2.75) is 46.5 Å². The summed E-state index contributed by atoms with van der Waals surface area (Å²) in [5.74, 6) is 0. The first-order valence-corrected chi connectivity index (χ1v) is 6.26. The van der Waals surface area contributed by atoms with E-state index < -0.39 is 0 Å². The van der Waals surface area contributed by atoms with Gasteiger partial charge in [0.05, 0.1) is 0 Å². The monoisotopic (exact) mass is 219 g/mol. The summed E-state index contributed by atoms with van der Waals surface area (Å²) in [4.78, 5) is 0. The van der Waals surface area contributed by atoms with Crippen LogP contribution in [0.25, 0.3) is 0 Å². The second-order valence-electron chi connectivity index (χ2n) is 5.31. The predicted octanol–water partition coefficient (Wildman–Crippen LogP) is 3.58. The first-order valence-electron chi connectivity index (χ1n) is 6.26. The van der Waals surface area contributed by atoms with E-state index in [-0.39, 0.29) is 5.41 Å². The van der Waals surface area contributed by atoms with Gasteiger partial charge in [-0.2, -0.15) is 0 Å². The molecule has 0 saturated carbocycles. The quantitative estimate of drug-likeness (QED) is 0.746. The fourth-order valence-electron chi connectivity index (χ4n) is 2.29. The zero-order chi connectivity index (χ0) is 12.2. The van der Waals surface area contributed by atoms with Crippen molar-refractivity contribution in [2.24, 2.45) is 0 Å². The third-order valence-corrected chi connectivity index (χ3v) is 3.29. The summed E-state index contributed by atoms with van der Waals surface area (Å²) in [7, 11) is 0. The molecule has 0 unspecified atom stereocenters. The molecule has 0 spiro atoms. The van der Waals surface area contributed by atoms with Gasteiger partial charge in [-0.1, -0.05) is 44.5 Å². The van der Waals surface area contributed by atoms with E-state index in [0.717, 1.165) is 13.1 Å². The largest absolute Gasteiger partial charge is 0.317 e. The molecule has 0 atom stereocenters. The van der Waals surface area contributed by atoms with Crippen molar-refractivity contribution < 1.29 is 0 Å². The Morgan fingerprint density at radius 2 is 1.88 bits per heavy atom. The molecule has 0 radical (unpaired) electrons. The minimum atomic E-state index is 0.264. The van der Waals surface area contributed by atoms with Crippen LogP contribution in [0.4, 0.5) is 0 Å². The molecular formula is C15H25N. The molecule has 1 heteroatoms. The molecular weight excluding hydrogens is 194 g/mol. The Morgan fingerprint density at radius 3 is 2.44 bits per heavy atom. The summed E-state index contributed by atoms with van der Waals surface area (Å²) in [6.07, 6.45) is 1.19. The third kappa shape index (κ3) is 3.34. The second-order valence-corrected chi connectivity index (χ2v) is 5.31. The number of hydrogen-bond acceptors (Lipinski definition) is 1. The van der Waals surface area contributed by atoms with Gasteiger partial charge in [-0.3, -0.25) is 0 Å². The number of aryl methyl sites for hydroxylation is 2. The van der Waals surface area contributed by atoms with Gasteiger partial charge in [0.2, 0.25) is 0 Å². The van der Waals surface area contributed by atoms with Gasteiger partial charge in [-0.25, -0.2) is 0 Å². The Bertz CT molecular complexity index is 339. The molecule has 1 aromatic rings. The van der Waals surface area contributed by atoms with Gasteiger partial charge in [-0.15, -0.1) is 0 Å². The molecule has 0 aromatic heterocycles. The average molecular weight is 219 g/mol. The molecule has 0 saturated heterocycles. The summed E-state index contributed by atoms with van der Waals surface area (Å²) in [6.45, 7) is 13.4. The van der Waals surface area contributed by atoms with E-state index in [2.05, 4.69) is 58.1 Å². The van der Waals surface area contributed by atoms with Crippen molar-refractivity contribution in [1.29, 1.82) is 0 Å². The highest BCUT2D eigenvalue weighted by Gasteiger charge is 2.21. The fourth-order valence-corrected chi connectivity index (χ4v) is 2.29. The standard InChI is InChI=1S/C15H25N/c1-6-16-10-9-15(4,5)14-8-7-12(2)11-13(14)3/h7-8,11,16H,6,9-10H2,1-5H3. The lowest BCUT2D eigenvalue weighted by molar-refractivity contribution is 0.459. The summed E-state index contributed by atoms with van der Waals surface area (Å²) in [5.41, 5.74) is 4.51. The lowest BCUT2D eigenvalue weighted by atomic mass is 9.79. The van der Waals surface area contributed by atoms with Crippen LogP contribution in [-0.2, 0) is 5.41 Å². The van der Waals surface area contributed by atoms with E-state index >= 15 is 0 Å². The number of nitrogens with one attached hydrogen (secondary N) is 1. The number of rotatable bonds is 5. The van der Waals surface area contributed by atoms with E-state index in [9.17, 15) is 0 Å². The van der Waals surface area contributed by atoms with Gasteiger partial charge in [0.1, 0.15) is 0 Å². The molecule has 90 valence electrons. The van der Waals surface area contributed by atoms with Crippen molar-refractivity contribution in [1.82, 2.24) is 5.32 Å². The van der Waals surface area contributed by atoms with Crippen LogP contribution in [0.5, 0.6) is 0 Å². The number of benzene rings is 1. The molecule has 0 aliphatic heterocycles. The highest BCUT2D eigenvalue weighted by atomic mass is 14.8. The Labute approximate surface area is 100 Å². The van der Waals surface area contributed by atoms with Crippen LogP contribution in [0, 0.1) is 13.8 Å². The topological polar surface area (TPSA) is 12.0 Å². The van der Waals surface area contributed by atoms with Crippen LogP contribution in [0.2, 0.25) is 0 Å². The normalized spacial score (nSPS) is 11.8. The molecule has 1 N–H and O–H groups in total. The molecule has 0 aliphatic carbocycles. The fraction of sp³-hybridized carbons (Fsp3) is 0.600. The molecule has 1 aromatic carbocycles. The number of hydrogen-bond donors (Lipinski definition) is 1. The van der Waals surface area contributed by atoms with Crippen molar-refractivity contribution >= 4 is 0 Å². The first-order chi connectivity index (χ1) is 7.47. The van der Waals surface area contributed by atoms with Gasteiger partial charge in [-0.05, 0) is 49.9 Å². The molecule has 1 rings (SSSR count). The molecule has 16 heavy (non-hydrogen) atoms. The van der Waals surface area contributed by atoms with Crippen molar-refractivity contribution in [2.75, 3.05) is 13.1 Å². The van der Waals surface area contributed by atoms with Crippen molar-refractivity contribution in [3.05, 3.63) is 34.9 Å². The summed E-state index contributed by atoms with van der Waals surface area (Å²) in [6, 6.07) is 6.79. The Hall–Kier alpha value is -0.820. The lowest BCUT2D eigenvalue weighted by Gasteiger charge is -2.27. The maximum atomic E-state index is 3.40. The van der Waals surface area contributed by atoms with Crippen LogP contribution in [0.1, 0.15) is 43.9 Å². The molecule has 0 amide bonds. The molecule has 0 bridgehead atoms. The summed E-state index contributed by atoms with van der Waals surface area (Å²) in [5, 5.41) is 3.40. The maximum Gasteiger partial charge on any atom is -0.00407 e. The summed E-state index contributed by atoms with van der Waals surface area (Å²) >= 11 is 0. The minimum Gasteiger partial charge on any atom is -0.317 e. The Kier molecular flexibility index (Phi) is 4.55.